The summed E-state index contributed by atoms with van der Waals surface area (Å²) in [5.74, 6) is -1.89. The zero-order valence-electron chi connectivity index (χ0n) is 6.31. The molecule has 0 aromatic carbocycles. The van der Waals surface area contributed by atoms with Gasteiger partial charge in [-0.1, -0.05) is 0 Å². The maximum Gasteiger partial charge on any atom is 0.354 e. The molecule has 2 aromatic heterocycles. The highest BCUT2D eigenvalue weighted by atomic mass is 19.1. The normalized spacial score (nSPS) is 10.5. The molecule has 0 aliphatic carbocycles. The fraction of sp³-hybridized carbons (Fsp3) is 0. The third kappa shape index (κ3) is 1.03. The van der Waals surface area contributed by atoms with Crippen LogP contribution < -0.4 is 0 Å². The van der Waals surface area contributed by atoms with Crippen LogP contribution in [0.2, 0.25) is 0 Å². The van der Waals surface area contributed by atoms with E-state index in [9.17, 15) is 9.18 Å². The molecule has 0 aliphatic rings. The lowest BCUT2D eigenvalue weighted by molar-refractivity contribution is 0.0687. The second-order valence-electron chi connectivity index (χ2n) is 2.35. The van der Waals surface area contributed by atoms with Gasteiger partial charge in [-0.3, -0.25) is 0 Å². The van der Waals surface area contributed by atoms with E-state index in [1.54, 1.807) is 0 Å². The first-order valence-corrected chi connectivity index (χ1v) is 3.41. The molecule has 0 fully saturated rings. The lowest BCUT2D eigenvalue weighted by Gasteiger charge is -1.96. The standard InChI is InChI=1S/C7H4FN3O2/c8-5-1-2-9-7-10-3-4(6(12)13)11(5)7/h1-3H,(H,12,13). The van der Waals surface area contributed by atoms with Gasteiger partial charge in [-0.25, -0.2) is 19.2 Å². The summed E-state index contributed by atoms with van der Waals surface area (Å²) in [4.78, 5) is 17.9. The van der Waals surface area contributed by atoms with E-state index in [-0.39, 0.29) is 11.5 Å². The van der Waals surface area contributed by atoms with E-state index < -0.39 is 11.9 Å². The minimum atomic E-state index is -1.24. The highest BCUT2D eigenvalue weighted by molar-refractivity contribution is 5.86. The quantitative estimate of drug-likeness (QED) is 0.653. The number of halogens is 1. The summed E-state index contributed by atoms with van der Waals surface area (Å²) in [5, 5.41) is 8.64. The monoisotopic (exact) mass is 181 g/mol. The molecule has 6 heteroatoms. The van der Waals surface area contributed by atoms with Crippen LogP contribution >= 0.6 is 0 Å². The van der Waals surface area contributed by atoms with Crippen LogP contribution in [0, 0.1) is 5.95 Å². The van der Waals surface area contributed by atoms with Gasteiger partial charge in [0.05, 0.1) is 6.20 Å². The lowest BCUT2D eigenvalue weighted by Crippen LogP contribution is -2.05. The zero-order valence-corrected chi connectivity index (χ0v) is 6.31. The largest absolute Gasteiger partial charge is 0.477 e. The van der Waals surface area contributed by atoms with E-state index in [2.05, 4.69) is 9.97 Å². The Morgan fingerprint density at radius 1 is 1.54 bits per heavy atom. The van der Waals surface area contributed by atoms with Crippen LogP contribution in [0.4, 0.5) is 4.39 Å². The van der Waals surface area contributed by atoms with Gasteiger partial charge in [-0.05, 0) is 0 Å². The molecule has 0 radical (unpaired) electrons. The molecular formula is C7H4FN3O2. The summed E-state index contributed by atoms with van der Waals surface area (Å²) in [5.41, 5.74) is -0.236. The number of nitrogens with zero attached hydrogens (tertiary/aromatic N) is 3. The van der Waals surface area contributed by atoms with Crippen molar-refractivity contribution >= 4 is 11.7 Å². The van der Waals surface area contributed by atoms with E-state index in [0.717, 1.165) is 16.7 Å². The molecule has 2 aromatic rings. The second-order valence-corrected chi connectivity index (χ2v) is 2.35. The molecule has 0 atom stereocenters. The molecule has 0 bridgehead atoms. The molecule has 5 nitrogen and oxygen atoms in total. The van der Waals surface area contributed by atoms with Crippen LogP contribution in [0.15, 0.2) is 18.5 Å². The molecule has 13 heavy (non-hydrogen) atoms. The van der Waals surface area contributed by atoms with Crippen molar-refractivity contribution < 1.29 is 14.3 Å². The van der Waals surface area contributed by atoms with Gasteiger partial charge in [0.2, 0.25) is 11.7 Å². The molecule has 0 amide bonds. The van der Waals surface area contributed by atoms with Crippen LogP contribution in [-0.2, 0) is 0 Å². The summed E-state index contributed by atoms with van der Waals surface area (Å²) < 4.78 is 13.9. The minimum Gasteiger partial charge on any atom is -0.477 e. The Morgan fingerprint density at radius 2 is 2.31 bits per heavy atom. The van der Waals surface area contributed by atoms with Crippen LogP contribution in [-0.4, -0.2) is 25.4 Å². The van der Waals surface area contributed by atoms with Crippen molar-refractivity contribution in [2.24, 2.45) is 0 Å². The predicted octanol–water partition coefficient (Wildman–Crippen LogP) is 0.567. The van der Waals surface area contributed by atoms with Crippen molar-refractivity contribution in [2.75, 3.05) is 0 Å². The first kappa shape index (κ1) is 7.66. The molecule has 0 spiro atoms. The molecule has 2 heterocycles. The zero-order chi connectivity index (χ0) is 9.42. The number of fused-ring (bicyclic) bond motifs is 1. The average molecular weight is 181 g/mol. The predicted molar refractivity (Wildman–Crippen MR) is 39.9 cm³/mol. The van der Waals surface area contributed by atoms with Gasteiger partial charge in [0.15, 0.2) is 5.69 Å². The van der Waals surface area contributed by atoms with E-state index in [0.29, 0.717) is 0 Å². The smallest absolute Gasteiger partial charge is 0.354 e. The summed E-state index contributed by atoms with van der Waals surface area (Å²) in [6.07, 6.45) is 2.29. The molecule has 0 saturated carbocycles. The van der Waals surface area contributed by atoms with E-state index in [1.807, 2.05) is 0 Å². The van der Waals surface area contributed by atoms with Gasteiger partial charge in [-0.15, -0.1) is 0 Å². The van der Waals surface area contributed by atoms with Gasteiger partial charge >= 0.3 is 5.97 Å². The Bertz CT molecular complexity index is 480. The van der Waals surface area contributed by atoms with Crippen LogP contribution in [0.3, 0.4) is 0 Å². The summed E-state index contributed by atoms with van der Waals surface area (Å²) in [6.45, 7) is 0. The first-order valence-electron chi connectivity index (χ1n) is 3.41. The fourth-order valence-electron chi connectivity index (χ4n) is 1.03. The van der Waals surface area contributed by atoms with Gasteiger partial charge in [0, 0.05) is 12.3 Å². The number of hydrogen-bond acceptors (Lipinski definition) is 3. The van der Waals surface area contributed by atoms with Crippen molar-refractivity contribution in [2.45, 2.75) is 0 Å². The van der Waals surface area contributed by atoms with Gasteiger partial charge in [0.25, 0.3) is 0 Å². The van der Waals surface area contributed by atoms with Gasteiger partial charge in [0.1, 0.15) is 0 Å². The Kier molecular flexibility index (Phi) is 1.48. The van der Waals surface area contributed by atoms with Crippen molar-refractivity contribution in [1.82, 2.24) is 14.4 Å². The third-order valence-electron chi connectivity index (χ3n) is 1.58. The van der Waals surface area contributed by atoms with E-state index >= 15 is 0 Å². The molecule has 0 saturated heterocycles. The molecule has 1 N–H and O–H groups in total. The third-order valence-corrected chi connectivity index (χ3v) is 1.58. The minimum absolute atomic E-state index is 0.0393. The van der Waals surface area contributed by atoms with Crippen LogP contribution in [0.25, 0.3) is 5.78 Å². The van der Waals surface area contributed by atoms with Crippen molar-refractivity contribution in [3.63, 3.8) is 0 Å². The Balaban J connectivity index is 2.86. The number of aromatic carboxylic acids is 1. The summed E-state index contributed by atoms with van der Waals surface area (Å²) >= 11 is 0. The second kappa shape index (κ2) is 2.51. The summed E-state index contributed by atoms with van der Waals surface area (Å²) in [7, 11) is 0. The van der Waals surface area contributed by atoms with Gasteiger partial charge in [-0.2, -0.15) is 4.39 Å². The number of rotatable bonds is 1. The topological polar surface area (TPSA) is 67.5 Å². The highest BCUT2D eigenvalue weighted by Crippen LogP contribution is 2.06. The van der Waals surface area contributed by atoms with Crippen LogP contribution in [0.5, 0.6) is 0 Å². The average Bonchev–Trinajstić information content (AvgIpc) is 2.49. The number of carboxylic acids is 1. The Morgan fingerprint density at radius 3 is 3.00 bits per heavy atom. The molecule has 66 valence electrons. The highest BCUT2D eigenvalue weighted by Gasteiger charge is 2.13. The molecular weight excluding hydrogens is 177 g/mol. The number of hydrogen-bond donors (Lipinski definition) is 1. The van der Waals surface area contributed by atoms with Gasteiger partial charge < -0.3 is 5.11 Å². The van der Waals surface area contributed by atoms with Crippen molar-refractivity contribution in [3.05, 3.63) is 30.1 Å². The van der Waals surface area contributed by atoms with E-state index in [4.69, 9.17) is 5.11 Å². The first-order chi connectivity index (χ1) is 6.20. The number of carbonyl (C=O) groups is 1. The fourth-order valence-corrected chi connectivity index (χ4v) is 1.03. The lowest BCUT2D eigenvalue weighted by atomic mass is 10.5. The number of imidazole rings is 1. The van der Waals surface area contributed by atoms with Crippen LogP contribution in [0.1, 0.15) is 10.5 Å². The Labute approximate surface area is 71.5 Å². The number of carboxylic acid groups (broad SMARTS) is 1. The molecule has 0 unspecified atom stereocenters. The van der Waals surface area contributed by atoms with Crippen molar-refractivity contribution in [3.8, 4) is 0 Å². The number of aromatic nitrogens is 3. The SMILES string of the molecule is O=C(O)c1cnc2nccc(F)n12. The van der Waals surface area contributed by atoms with E-state index in [1.165, 1.54) is 6.20 Å². The maximum atomic E-state index is 13.1. The molecule has 0 aliphatic heterocycles. The summed E-state index contributed by atoms with van der Waals surface area (Å²) in [6, 6.07) is 1.07. The Hall–Kier alpha value is -1.98. The van der Waals surface area contributed by atoms with Crippen molar-refractivity contribution in [1.29, 1.82) is 0 Å². The molecule has 2 rings (SSSR count). The maximum absolute atomic E-state index is 13.1.